The number of carbonyl (C=O) groups is 2. The van der Waals surface area contributed by atoms with Crippen molar-refractivity contribution in [2.75, 3.05) is 12.0 Å². The number of fused-ring (bicyclic) bond motifs is 1. The predicted molar refractivity (Wildman–Crippen MR) is 137 cm³/mol. The molecule has 2 aliphatic rings. The second-order valence-corrected chi connectivity index (χ2v) is 9.48. The average molecular weight is 468 g/mol. The molecule has 0 bridgehead atoms. The Kier molecular flexibility index (Phi) is 5.93. The van der Waals surface area contributed by atoms with Gasteiger partial charge in [0.05, 0.1) is 18.7 Å². The molecule has 3 aromatic rings. The van der Waals surface area contributed by atoms with Gasteiger partial charge >= 0.3 is 0 Å². The Morgan fingerprint density at radius 2 is 1.54 bits per heavy atom. The third-order valence-corrected chi connectivity index (χ3v) is 6.98. The summed E-state index contributed by atoms with van der Waals surface area (Å²) in [6.07, 6.45) is 4.26. The van der Waals surface area contributed by atoms with Crippen molar-refractivity contribution in [3.8, 4) is 5.75 Å². The van der Waals surface area contributed by atoms with Gasteiger partial charge in [0, 0.05) is 11.3 Å². The molecule has 5 rings (SSSR count). The molecular formula is C30H29NO4. The SMILES string of the molecule is COc1ccc(C2/C(=C(/O)c3ccc4c(c3)CCCC4)C(=O)C(=O)N2c2cc(C)cc(C)c2)cc1. The van der Waals surface area contributed by atoms with E-state index in [1.807, 2.05) is 62.4 Å². The highest BCUT2D eigenvalue weighted by Crippen LogP contribution is 2.43. The zero-order chi connectivity index (χ0) is 24.7. The van der Waals surface area contributed by atoms with Crippen LogP contribution in [-0.2, 0) is 22.4 Å². The number of nitrogens with zero attached hydrogens (tertiary/aromatic N) is 1. The molecule has 1 aliphatic heterocycles. The highest BCUT2D eigenvalue weighted by molar-refractivity contribution is 6.51. The van der Waals surface area contributed by atoms with Crippen LogP contribution in [0.1, 0.15) is 52.3 Å². The summed E-state index contributed by atoms with van der Waals surface area (Å²) in [6, 6.07) is 18.2. The van der Waals surface area contributed by atoms with Crippen LogP contribution in [0.5, 0.6) is 5.75 Å². The van der Waals surface area contributed by atoms with E-state index in [0.29, 0.717) is 17.0 Å². The molecule has 0 spiro atoms. The van der Waals surface area contributed by atoms with Crippen molar-refractivity contribution in [2.24, 2.45) is 0 Å². The van der Waals surface area contributed by atoms with E-state index in [2.05, 4.69) is 0 Å². The number of rotatable bonds is 4. The lowest BCUT2D eigenvalue weighted by Crippen LogP contribution is -2.29. The maximum Gasteiger partial charge on any atom is 0.300 e. The molecule has 178 valence electrons. The lowest BCUT2D eigenvalue weighted by atomic mass is 9.88. The number of ether oxygens (including phenoxy) is 1. The number of amides is 1. The fourth-order valence-corrected chi connectivity index (χ4v) is 5.33. The topological polar surface area (TPSA) is 66.8 Å². The first-order valence-electron chi connectivity index (χ1n) is 12.0. The number of aliphatic hydroxyl groups excluding tert-OH is 1. The van der Waals surface area contributed by atoms with E-state index in [0.717, 1.165) is 42.4 Å². The number of benzene rings is 3. The molecule has 1 N–H and O–H groups in total. The summed E-state index contributed by atoms with van der Waals surface area (Å²) in [7, 11) is 1.59. The van der Waals surface area contributed by atoms with Gasteiger partial charge in [0.15, 0.2) is 0 Å². The third kappa shape index (κ3) is 4.12. The molecule has 5 heteroatoms. The van der Waals surface area contributed by atoms with E-state index < -0.39 is 17.7 Å². The smallest absolute Gasteiger partial charge is 0.300 e. The number of aryl methyl sites for hydroxylation is 4. The molecule has 3 aromatic carbocycles. The van der Waals surface area contributed by atoms with Crippen molar-refractivity contribution in [2.45, 2.75) is 45.6 Å². The molecule has 0 radical (unpaired) electrons. The Morgan fingerprint density at radius 3 is 2.20 bits per heavy atom. The first-order valence-corrected chi connectivity index (χ1v) is 12.0. The Bertz CT molecular complexity index is 1330. The van der Waals surface area contributed by atoms with E-state index in [4.69, 9.17) is 4.74 Å². The van der Waals surface area contributed by atoms with Gasteiger partial charge in [-0.05, 0) is 97.7 Å². The maximum atomic E-state index is 13.4. The fraction of sp³-hybridized carbons (Fsp3) is 0.267. The first-order chi connectivity index (χ1) is 16.9. The number of hydrogen-bond donors (Lipinski definition) is 1. The van der Waals surface area contributed by atoms with Crippen molar-refractivity contribution >= 4 is 23.1 Å². The number of hydrogen-bond acceptors (Lipinski definition) is 4. The normalized spacial score (nSPS) is 19.1. The lowest BCUT2D eigenvalue weighted by Gasteiger charge is -2.26. The molecule has 0 saturated carbocycles. The quantitative estimate of drug-likeness (QED) is 0.298. The van der Waals surface area contributed by atoms with Gasteiger partial charge in [-0.15, -0.1) is 0 Å². The third-order valence-electron chi connectivity index (χ3n) is 6.98. The number of anilines is 1. The highest BCUT2D eigenvalue weighted by atomic mass is 16.5. The van der Waals surface area contributed by atoms with E-state index in [1.54, 1.807) is 19.2 Å². The van der Waals surface area contributed by atoms with Crippen LogP contribution in [0.15, 0.2) is 66.2 Å². The van der Waals surface area contributed by atoms with Crippen LogP contribution < -0.4 is 9.64 Å². The van der Waals surface area contributed by atoms with Crippen molar-refractivity contribution in [3.63, 3.8) is 0 Å². The number of Topliss-reactive ketones (excluding diaryl/α,β-unsaturated/α-hetero) is 1. The van der Waals surface area contributed by atoms with Gasteiger partial charge in [-0.3, -0.25) is 14.5 Å². The van der Waals surface area contributed by atoms with E-state index >= 15 is 0 Å². The summed E-state index contributed by atoms with van der Waals surface area (Å²) >= 11 is 0. The molecule has 1 heterocycles. The van der Waals surface area contributed by atoms with Crippen LogP contribution >= 0.6 is 0 Å². The van der Waals surface area contributed by atoms with Gasteiger partial charge in [-0.25, -0.2) is 0 Å². The molecule has 35 heavy (non-hydrogen) atoms. The minimum absolute atomic E-state index is 0.107. The van der Waals surface area contributed by atoms with Crippen molar-refractivity contribution in [1.29, 1.82) is 0 Å². The summed E-state index contributed by atoms with van der Waals surface area (Å²) in [4.78, 5) is 28.4. The molecule has 1 saturated heterocycles. The van der Waals surface area contributed by atoms with E-state index in [-0.39, 0.29) is 11.3 Å². The second-order valence-electron chi connectivity index (χ2n) is 9.48. The zero-order valence-corrected chi connectivity index (χ0v) is 20.3. The predicted octanol–water partition coefficient (Wildman–Crippen LogP) is 5.82. The molecule has 1 atom stereocenters. The monoisotopic (exact) mass is 467 g/mol. The highest BCUT2D eigenvalue weighted by Gasteiger charge is 2.47. The minimum atomic E-state index is -0.752. The summed E-state index contributed by atoms with van der Waals surface area (Å²) in [5.41, 5.74) is 6.51. The number of methoxy groups -OCH3 is 1. The van der Waals surface area contributed by atoms with Crippen molar-refractivity contribution in [3.05, 3.63) is 99.6 Å². The van der Waals surface area contributed by atoms with Crippen LogP contribution in [0.3, 0.4) is 0 Å². The van der Waals surface area contributed by atoms with Gasteiger partial charge in [0.2, 0.25) is 0 Å². The van der Waals surface area contributed by atoms with E-state index in [9.17, 15) is 14.7 Å². The Hall–Kier alpha value is -3.86. The summed E-state index contributed by atoms with van der Waals surface area (Å²) in [5.74, 6) is -0.785. The molecule has 5 nitrogen and oxygen atoms in total. The van der Waals surface area contributed by atoms with Crippen LogP contribution in [0, 0.1) is 13.8 Å². The minimum Gasteiger partial charge on any atom is -0.507 e. The second kappa shape index (κ2) is 9.06. The van der Waals surface area contributed by atoms with Gasteiger partial charge in [0.25, 0.3) is 11.7 Å². The molecule has 1 unspecified atom stereocenters. The Morgan fingerprint density at radius 1 is 0.886 bits per heavy atom. The van der Waals surface area contributed by atoms with Gasteiger partial charge in [0.1, 0.15) is 11.5 Å². The molecule has 1 aliphatic carbocycles. The number of ketones is 1. The Labute approximate surface area is 205 Å². The summed E-state index contributed by atoms with van der Waals surface area (Å²) < 4.78 is 5.30. The summed E-state index contributed by atoms with van der Waals surface area (Å²) in [6.45, 7) is 3.92. The van der Waals surface area contributed by atoms with E-state index in [1.165, 1.54) is 16.0 Å². The van der Waals surface area contributed by atoms with Crippen LogP contribution in [0.4, 0.5) is 5.69 Å². The van der Waals surface area contributed by atoms with Crippen LogP contribution in [-0.4, -0.2) is 23.9 Å². The Balaban J connectivity index is 1.70. The zero-order valence-electron chi connectivity index (χ0n) is 20.3. The average Bonchev–Trinajstić information content (AvgIpc) is 3.13. The van der Waals surface area contributed by atoms with Crippen LogP contribution in [0.2, 0.25) is 0 Å². The number of aliphatic hydroxyl groups is 1. The standard InChI is InChI=1S/C30H29NO4/c1-18-14-19(2)16-24(15-18)31-27(21-10-12-25(35-3)13-11-21)26(29(33)30(31)34)28(32)23-9-8-20-6-4-5-7-22(20)17-23/h8-17,27,32H,4-7H2,1-3H3/b28-26-. The largest absolute Gasteiger partial charge is 0.507 e. The lowest BCUT2D eigenvalue weighted by molar-refractivity contribution is -0.132. The molecular weight excluding hydrogens is 438 g/mol. The van der Waals surface area contributed by atoms with Crippen molar-refractivity contribution < 1.29 is 19.4 Å². The van der Waals surface area contributed by atoms with Crippen LogP contribution in [0.25, 0.3) is 5.76 Å². The summed E-state index contributed by atoms with van der Waals surface area (Å²) in [5, 5.41) is 11.5. The molecule has 1 amide bonds. The first kappa shape index (κ1) is 22.9. The molecule has 1 fully saturated rings. The van der Waals surface area contributed by atoms with Gasteiger partial charge in [-0.1, -0.05) is 30.3 Å². The van der Waals surface area contributed by atoms with Gasteiger partial charge < -0.3 is 9.84 Å². The molecule has 0 aromatic heterocycles. The maximum absolute atomic E-state index is 13.4. The fourth-order valence-electron chi connectivity index (χ4n) is 5.33. The number of carbonyl (C=O) groups excluding carboxylic acids is 2. The van der Waals surface area contributed by atoms with Gasteiger partial charge in [-0.2, -0.15) is 0 Å². The van der Waals surface area contributed by atoms with Crippen molar-refractivity contribution in [1.82, 2.24) is 0 Å².